The largest absolute Gasteiger partial charge is 0.469 e. The lowest BCUT2D eigenvalue weighted by molar-refractivity contribution is -0.140. The number of alkyl halides is 3. The van der Waals surface area contributed by atoms with Gasteiger partial charge in [0.15, 0.2) is 0 Å². The fourth-order valence-corrected chi connectivity index (χ4v) is 4.37. The summed E-state index contributed by atoms with van der Waals surface area (Å²) in [4.78, 5) is 11.8. The number of carbonyl (C=O) groups excluding carboxylic acids is 1. The van der Waals surface area contributed by atoms with Gasteiger partial charge in [-0.3, -0.25) is 10.2 Å². The highest BCUT2D eigenvalue weighted by molar-refractivity contribution is 6.03. The molecule has 3 aromatic carbocycles. The van der Waals surface area contributed by atoms with Crippen LogP contribution in [-0.2, 0) is 21.1 Å². The zero-order valence-electron chi connectivity index (χ0n) is 19.2. The fourth-order valence-electron chi connectivity index (χ4n) is 4.37. The van der Waals surface area contributed by atoms with Crippen molar-refractivity contribution in [3.05, 3.63) is 89.0 Å². The number of ether oxygens (including phenoxy) is 1. The van der Waals surface area contributed by atoms with Crippen molar-refractivity contribution in [2.45, 2.75) is 38.3 Å². The van der Waals surface area contributed by atoms with Crippen molar-refractivity contribution in [1.29, 1.82) is 0 Å². The molecule has 1 aliphatic carbocycles. The van der Waals surface area contributed by atoms with Crippen LogP contribution in [-0.4, -0.2) is 18.8 Å². The first kappa shape index (κ1) is 23.5. The molecule has 34 heavy (non-hydrogen) atoms. The molecule has 176 valence electrons. The lowest BCUT2D eigenvalue weighted by atomic mass is 9.81. The van der Waals surface area contributed by atoms with Gasteiger partial charge < -0.3 is 4.74 Å². The van der Waals surface area contributed by atoms with Gasteiger partial charge in [-0.1, -0.05) is 56.3 Å². The number of halogens is 3. The van der Waals surface area contributed by atoms with Crippen molar-refractivity contribution in [2.75, 3.05) is 12.5 Å². The molecule has 0 spiro atoms. The smallest absolute Gasteiger partial charge is 0.416 e. The Hall–Kier alpha value is -3.61. The maximum Gasteiger partial charge on any atom is 0.416 e. The van der Waals surface area contributed by atoms with Crippen molar-refractivity contribution < 1.29 is 22.7 Å². The standard InChI is InChI=1S/C27H25F3N2O2/c1-26(2)22-10-5-4-9-20(22)21-12-11-17(15-23(21)26)24(13-14-25(33)34-3)32-31-19-8-6-7-18(16-19)27(28,29)30/h4-12,15-16,31H,13-14H2,1-3H3/b32-24+. The van der Waals surface area contributed by atoms with E-state index in [0.29, 0.717) is 5.71 Å². The summed E-state index contributed by atoms with van der Waals surface area (Å²) in [7, 11) is 1.31. The summed E-state index contributed by atoms with van der Waals surface area (Å²) in [6.07, 6.45) is -4.08. The minimum Gasteiger partial charge on any atom is -0.469 e. The molecule has 0 atom stereocenters. The van der Waals surface area contributed by atoms with Crippen LogP contribution in [0.4, 0.5) is 18.9 Å². The number of fused-ring (bicyclic) bond motifs is 3. The second-order valence-corrected chi connectivity index (χ2v) is 8.76. The summed E-state index contributed by atoms with van der Waals surface area (Å²) in [5, 5.41) is 4.41. The first-order valence-electron chi connectivity index (χ1n) is 10.9. The Morgan fingerprint density at radius 3 is 2.41 bits per heavy atom. The summed E-state index contributed by atoms with van der Waals surface area (Å²) in [6.45, 7) is 4.32. The van der Waals surface area contributed by atoms with Crippen LogP contribution in [0.3, 0.4) is 0 Å². The molecule has 0 heterocycles. The Balaban J connectivity index is 1.70. The van der Waals surface area contributed by atoms with Crippen molar-refractivity contribution in [3.8, 4) is 11.1 Å². The van der Waals surface area contributed by atoms with Crippen LogP contribution in [0.25, 0.3) is 11.1 Å². The van der Waals surface area contributed by atoms with Gasteiger partial charge in [-0.15, -0.1) is 0 Å². The van der Waals surface area contributed by atoms with E-state index in [1.807, 2.05) is 24.3 Å². The molecule has 0 aliphatic heterocycles. The Morgan fingerprint density at radius 2 is 1.68 bits per heavy atom. The highest BCUT2D eigenvalue weighted by Crippen LogP contribution is 2.48. The van der Waals surface area contributed by atoms with E-state index in [4.69, 9.17) is 4.74 Å². The summed E-state index contributed by atoms with van der Waals surface area (Å²) < 4.78 is 44.0. The molecule has 0 fully saturated rings. The molecule has 0 bridgehead atoms. The quantitative estimate of drug-likeness (QED) is 0.247. The number of methoxy groups -OCH3 is 1. The van der Waals surface area contributed by atoms with Gasteiger partial charge in [0.05, 0.1) is 30.5 Å². The second-order valence-electron chi connectivity index (χ2n) is 8.76. The molecule has 3 aromatic rings. The Morgan fingerprint density at radius 1 is 0.941 bits per heavy atom. The summed E-state index contributed by atoms with van der Waals surface area (Å²) in [5.74, 6) is -0.388. The van der Waals surface area contributed by atoms with Crippen molar-refractivity contribution in [2.24, 2.45) is 5.10 Å². The Labute approximate surface area is 196 Å². The number of hydrogen-bond donors (Lipinski definition) is 1. The second kappa shape index (κ2) is 8.97. The normalized spacial score (nSPS) is 14.4. The maximum atomic E-state index is 13.1. The molecule has 1 N–H and O–H groups in total. The number of hydrazone groups is 1. The molecule has 7 heteroatoms. The third-order valence-corrected chi connectivity index (χ3v) is 6.22. The van der Waals surface area contributed by atoms with Crippen LogP contribution in [0, 0.1) is 0 Å². The van der Waals surface area contributed by atoms with E-state index in [1.165, 1.54) is 30.4 Å². The van der Waals surface area contributed by atoms with E-state index in [1.54, 1.807) is 0 Å². The molecule has 0 amide bonds. The predicted octanol–water partition coefficient (Wildman–Crippen LogP) is 6.78. The number of nitrogens with zero attached hydrogens (tertiary/aromatic N) is 1. The number of anilines is 1. The number of benzene rings is 3. The fraction of sp³-hybridized carbons (Fsp3) is 0.259. The van der Waals surface area contributed by atoms with Gasteiger partial charge >= 0.3 is 12.1 Å². The lowest BCUT2D eigenvalue weighted by Gasteiger charge is -2.22. The third kappa shape index (κ3) is 4.55. The number of carbonyl (C=O) groups is 1. The zero-order valence-corrected chi connectivity index (χ0v) is 19.2. The van der Waals surface area contributed by atoms with E-state index in [-0.39, 0.29) is 29.9 Å². The summed E-state index contributed by atoms with van der Waals surface area (Å²) >= 11 is 0. The molecule has 0 saturated heterocycles. The monoisotopic (exact) mass is 466 g/mol. The molecule has 0 aromatic heterocycles. The third-order valence-electron chi connectivity index (χ3n) is 6.22. The summed E-state index contributed by atoms with van der Waals surface area (Å²) in [6, 6.07) is 19.1. The van der Waals surface area contributed by atoms with Crippen LogP contribution in [0.5, 0.6) is 0 Å². The van der Waals surface area contributed by atoms with Crippen LogP contribution in [0.2, 0.25) is 0 Å². The minimum atomic E-state index is -4.45. The predicted molar refractivity (Wildman–Crippen MR) is 127 cm³/mol. The highest BCUT2D eigenvalue weighted by Gasteiger charge is 2.35. The van der Waals surface area contributed by atoms with E-state index in [9.17, 15) is 18.0 Å². The molecule has 0 unspecified atom stereocenters. The lowest BCUT2D eigenvalue weighted by Crippen LogP contribution is -2.16. The molecular weight excluding hydrogens is 441 g/mol. The molecule has 1 aliphatic rings. The number of esters is 1. The highest BCUT2D eigenvalue weighted by atomic mass is 19.4. The molecule has 4 nitrogen and oxygen atoms in total. The Bertz CT molecular complexity index is 1260. The van der Waals surface area contributed by atoms with Crippen molar-refractivity contribution in [1.82, 2.24) is 0 Å². The average Bonchev–Trinajstić information content (AvgIpc) is 3.05. The van der Waals surface area contributed by atoms with E-state index in [2.05, 4.69) is 42.6 Å². The van der Waals surface area contributed by atoms with Gasteiger partial charge in [0.1, 0.15) is 0 Å². The van der Waals surface area contributed by atoms with Gasteiger partial charge in [0.25, 0.3) is 0 Å². The SMILES string of the molecule is COC(=O)CC/C(=N\Nc1cccc(C(F)(F)F)c1)c1ccc2c(c1)C(C)(C)c1ccccc1-2. The number of hydrogen-bond acceptors (Lipinski definition) is 4. The maximum absolute atomic E-state index is 13.1. The number of nitrogens with one attached hydrogen (secondary N) is 1. The van der Waals surface area contributed by atoms with E-state index in [0.717, 1.165) is 28.8 Å². The van der Waals surface area contributed by atoms with Crippen LogP contribution < -0.4 is 5.43 Å². The van der Waals surface area contributed by atoms with Crippen molar-refractivity contribution in [3.63, 3.8) is 0 Å². The zero-order chi connectivity index (χ0) is 24.5. The topological polar surface area (TPSA) is 50.7 Å². The van der Waals surface area contributed by atoms with Gasteiger partial charge in [0, 0.05) is 11.8 Å². The minimum absolute atomic E-state index is 0.0975. The van der Waals surface area contributed by atoms with Crippen LogP contribution in [0.15, 0.2) is 71.8 Å². The van der Waals surface area contributed by atoms with E-state index < -0.39 is 11.7 Å². The van der Waals surface area contributed by atoms with Gasteiger partial charge in [-0.25, -0.2) is 0 Å². The van der Waals surface area contributed by atoms with Crippen LogP contribution >= 0.6 is 0 Å². The van der Waals surface area contributed by atoms with Gasteiger partial charge in [-0.2, -0.15) is 18.3 Å². The number of rotatable bonds is 6. The molecule has 0 radical (unpaired) electrons. The summed E-state index contributed by atoms with van der Waals surface area (Å²) in [5.41, 5.74) is 8.01. The molecule has 0 saturated carbocycles. The molecule has 4 rings (SSSR count). The average molecular weight is 467 g/mol. The van der Waals surface area contributed by atoms with Crippen molar-refractivity contribution >= 4 is 17.4 Å². The Kier molecular flexibility index (Phi) is 6.21. The van der Waals surface area contributed by atoms with Crippen LogP contribution in [0.1, 0.15) is 48.9 Å². The first-order chi connectivity index (χ1) is 16.1. The first-order valence-corrected chi connectivity index (χ1v) is 10.9. The van der Waals surface area contributed by atoms with Gasteiger partial charge in [-0.05, 0) is 52.1 Å². The van der Waals surface area contributed by atoms with Gasteiger partial charge in [0.2, 0.25) is 0 Å². The van der Waals surface area contributed by atoms with E-state index >= 15 is 0 Å². The molecular formula is C27H25F3N2O2.